The van der Waals surface area contributed by atoms with Crippen LogP contribution in [0.3, 0.4) is 0 Å². The van der Waals surface area contributed by atoms with E-state index in [2.05, 4.69) is 6.58 Å². The quantitative estimate of drug-likeness (QED) is 0.453. The number of esters is 1. The molecule has 24 heavy (non-hydrogen) atoms. The maximum absolute atomic E-state index is 12.0. The van der Waals surface area contributed by atoms with Crippen LogP contribution >= 0.6 is 0 Å². The smallest absolute Gasteiger partial charge is 0.430 e. The van der Waals surface area contributed by atoms with E-state index >= 15 is 0 Å². The molecule has 2 rings (SSSR count). The number of hydrogen-bond acceptors (Lipinski definition) is 5. The van der Waals surface area contributed by atoms with Gasteiger partial charge in [-0.25, -0.2) is 9.59 Å². The van der Waals surface area contributed by atoms with E-state index in [9.17, 15) is 9.59 Å². The van der Waals surface area contributed by atoms with Crippen molar-refractivity contribution in [3.63, 3.8) is 0 Å². The SMILES string of the molecule is C=CCOC(=O)O/C(=C/OC(=O)c1ccccc1)c1ccccc1. The Hall–Kier alpha value is -3.34. The first-order valence-corrected chi connectivity index (χ1v) is 7.18. The molecule has 0 heterocycles. The van der Waals surface area contributed by atoms with Crippen molar-refractivity contribution >= 4 is 17.9 Å². The molecule has 0 N–H and O–H groups in total. The number of carbonyl (C=O) groups is 2. The van der Waals surface area contributed by atoms with Crippen molar-refractivity contribution in [1.82, 2.24) is 0 Å². The Kier molecular flexibility index (Phi) is 6.35. The number of benzene rings is 2. The van der Waals surface area contributed by atoms with Gasteiger partial charge in [0.1, 0.15) is 12.9 Å². The van der Waals surface area contributed by atoms with E-state index < -0.39 is 12.1 Å². The van der Waals surface area contributed by atoms with Crippen LogP contribution in [0.4, 0.5) is 4.79 Å². The lowest BCUT2D eigenvalue weighted by molar-refractivity contribution is 0.0648. The molecule has 2 aromatic carbocycles. The molecule has 5 nitrogen and oxygen atoms in total. The second-order valence-electron chi connectivity index (χ2n) is 4.57. The average Bonchev–Trinajstić information content (AvgIpc) is 2.64. The lowest BCUT2D eigenvalue weighted by Crippen LogP contribution is -2.08. The van der Waals surface area contributed by atoms with Crippen molar-refractivity contribution in [2.45, 2.75) is 0 Å². The maximum Gasteiger partial charge on any atom is 0.514 e. The summed E-state index contributed by atoms with van der Waals surface area (Å²) < 4.78 is 15.0. The molecule has 0 aliphatic rings. The third-order valence-corrected chi connectivity index (χ3v) is 2.85. The summed E-state index contributed by atoms with van der Waals surface area (Å²) >= 11 is 0. The zero-order valence-corrected chi connectivity index (χ0v) is 12.9. The van der Waals surface area contributed by atoms with E-state index in [1.165, 1.54) is 6.08 Å². The Morgan fingerprint density at radius 3 is 2.08 bits per heavy atom. The zero-order chi connectivity index (χ0) is 17.2. The Morgan fingerprint density at radius 2 is 1.50 bits per heavy atom. The second kappa shape index (κ2) is 8.95. The first-order chi connectivity index (χ1) is 11.7. The molecule has 5 heteroatoms. The average molecular weight is 324 g/mol. The van der Waals surface area contributed by atoms with E-state index in [-0.39, 0.29) is 12.4 Å². The molecule has 0 aromatic heterocycles. The molecule has 0 amide bonds. The van der Waals surface area contributed by atoms with Gasteiger partial charge in [-0.1, -0.05) is 61.2 Å². The van der Waals surface area contributed by atoms with Gasteiger partial charge in [-0.2, -0.15) is 0 Å². The number of rotatable bonds is 6. The largest absolute Gasteiger partial charge is 0.514 e. The maximum atomic E-state index is 12.0. The van der Waals surface area contributed by atoms with Crippen LogP contribution in [-0.4, -0.2) is 18.7 Å². The third kappa shape index (κ3) is 5.14. The summed E-state index contributed by atoms with van der Waals surface area (Å²) in [5.41, 5.74) is 0.948. The highest BCUT2D eigenvalue weighted by Crippen LogP contribution is 2.17. The number of ether oxygens (including phenoxy) is 3. The van der Waals surface area contributed by atoms with Crippen molar-refractivity contribution in [2.24, 2.45) is 0 Å². The fraction of sp³-hybridized carbons (Fsp3) is 0.0526. The number of hydrogen-bond donors (Lipinski definition) is 0. The fourth-order valence-corrected chi connectivity index (χ4v) is 1.75. The molecule has 122 valence electrons. The summed E-state index contributed by atoms with van der Waals surface area (Å²) in [4.78, 5) is 23.6. The molecule has 0 fully saturated rings. The zero-order valence-electron chi connectivity index (χ0n) is 12.9. The Balaban J connectivity index is 2.14. The summed E-state index contributed by atoms with van der Waals surface area (Å²) in [5.74, 6) is -0.499. The lowest BCUT2D eigenvalue weighted by atomic mass is 10.2. The van der Waals surface area contributed by atoms with Gasteiger partial charge in [-0.15, -0.1) is 0 Å². The Morgan fingerprint density at radius 1 is 0.917 bits per heavy atom. The third-order valence-electron chi connectivity index (χ3n) is 2.85. The van der Waals surface area contributed by atoms with Crippen LogP contribution in [0.15, 0.2) is 79.6 Å². The van der Waals surface area contributed by atoms with Crippen molar-refractivity contribution < 1.29 is 23.8 Å². The van der Waals surface area contributed by atoms with Crippen molar-refractivity contribution in [2.75, 3.05) is 6.61 Å². The van der Waals surface area contributed by atoms with E-state index in [4.69, 9.17) is 14.2 Å². The highest BCUT2D eigenvalue weighted by molar-refractivity contribution is 5.90. The van der Waals surface area contributed by atoms with Crippen LogP contribution in [0.2, 0.25) is 0 Å². The van der Waals surface area contributed by atoms with Gasteiger partial charge in [-0.3, -0.25) is 0 Å². The lowest BCUT2D eigenvalue weighted by Gasteiger charge is -2.09. The van der Waals surface area contributed by atoms with Crippen LogP contribution in [0, 0.1) is 0 Å². The van der Waals surface area contributed by atoms with Crippen LogP contribution in [-0.2, 0) is 14.2 Å². The Labute approximate surface area is 139 Å². The molecule has 0 saturated carbocycles. The molecule has 0 aliphatic carbocycles. The highest BCUT2D eigenvalue weighted by Gasteiger charge is 2.13. The molecule has 0 atom stereocenters. The minimum absolute atomic E-state index is 0.0186. The fourth-order valence-electron chi connectivity index (χ4n) is 1.75. The van der Waals surface area contributed by atoms with Gasteiger partial charge in [0, 0.05) is 5.56 Å². The summed E-state index contributed by atoms with van der Waals surface area (Å²) in [7, 11) is 0. The normalized spacial score (nSPS) is 10.6. The van der Waals surface area contributed by atoms with Gasteiger partial charge in [-0.05, 0) is 12.1 Å². The predicted octanol–water partition coefficient (Wildman–Crippen LogP) is 4.18. The van der Waals surface area contributed by atoms with Crippen LogP contribution in [0.1, 0.15) is 15.9 Å². The molecule has 0 aliphatic heterocycles. The van der Waals surface area contributed by atoms with Gasteiger partial charge in [0.2, 0.25) is 0 Å². The van der Waals surface area contributed by atoms with Gasteiger partial charge >= 0.3 is 12.1 Å². The van der Waals surface area contributed by atoms with Gasteiger partial charge in [0.25, 0.3) is 0 Å². The van der Waals surface area contributed by atoms with Crippen molar-refractivity contribution in [3.8, 4) is 0 Å². The molecule has 0 unspecified atom stereocenters. The van der Waals surface area contributed by atoms with Crippen LogP contribution in [0.5, 0.6) is 0 Å². The van der Waals surface area contributed by atoms with Gasteiger partial charge in [0.05, 0.1) is 5.56 Å². The summed E-state index contributed by atoms with van der Waals surface area (Å²) in [6.07, 6.45) is 1.59. The highest BCUT2D eigenvalue weighted by atomic mass is 16.7. The minimum Gasteiger partial charge on any atom is -0.430 e. The molecule has 0 saturated heterocycles. The molecular weight excluding hydrogens is 308 g/mol. The van der Waals surface area contributed by atoms with Crippen LogP contribution in [0.25, 0.3) is 5.76 Å². The predicted molar refractivity (Wildman–Crippen MR) is 88.9 cm³/mol. The standard InChI is InChI=1S/C19H16O5/c1-2-13-22-19(21)24-17(15-9-5-3-6-10-15)14-23-18(20)16-11-7-4-8-12-16/h2-12,14H,1,13H2/b17-14+. The monoisotopic (exact) mass is 324 g/mol. The van der Waals surface area contributed by atoms with Crippen LogP contribution < -0.4 is 0 Å². The van der Waals surface area contributed by atoms with Crippen molar-refractivity contribution in [1.29, 1.82) is 0 Å². The molecule has 2 aromatic rings. The molecule has 0 spiro atoms. The first-order valence-electron chi connectivity index (χ1n) is 7.18. The van der Waals surface area contributed by atoms with Gasteiger partial charge < -0.3 is 14.2 Å². The molecule has 0 bridgehead atoms. The van der Waals surface area contributed by atoms with E-state index in [1.807, 2.05) is 6.07 Å². The van der Waals surface area contributed by atoms with Gasteiger partial charge in [0.15, 0.2) is 5.76 Å². The second-order valence-corrected chi connectivity index (χ2v) is 4.57. The van der Waals surface area contributed by atoms with Crippen molar-refractivity contribution in [3.05, 3.63) is 90.7 Å². The van der Waals surface area contributed by atoms with E-state index in [0.717, 1.165) is 6.26 Å². The molecular formula is C19H16O5. The summed E-state index contributed by atoms with van der Waals surface area (Å²) in [6, 6.07) is 17.2. The Bertz CT molecular complexity index is 720. The summed E-state index contributed by atoms with van der Waals surface area (Å²) in [5, 5.41) is 0. The topological polar surface area (TPSA) is 61.8 Å². The number of carbonyl (C=O) groups excluding carboxylic acids is 2. The van der Waals surface area contributed by atoms with E-state index in [1.54, 1.807) is 54.6 Å². The summed E-state index contributed by atoms with van der Waals surface area (Å²) in [6.45, 7) is 3.46. The first kappa shape index (κ1) is 17.0. The van der Waals surface area contributed by atoms with E-state index in [0.29, 0.717) is 11.1 Å². The minimum atomic E-state index is -0.916. The molecule has 0 radical (unpaired) electrons.